The maximum Gasteiger partial charge on any atom is 0.573 e. The normalized spacial score (nSPS) is 13.0. The summed E-state index contributed by atoms with van der Waals surface area (Å²) in [5, 5.41) is 2.79. The van der Waals surface area contributed by atoms with Gasteiger partial charge < -0.3 is 20.7 Å². The van der Waals surface area contributed by atoms with Gasteiger partial charge >= 0.3 is 6.36 Å². The fourth-order valence-corrected chi connectivity index (χ4v) is 2.39. The van der Waals surface area contributed by atoms with Crippen LogP contribution < -0.4 is 15.8 Å². The number of likely N-dealkylation sites (N-methyl/N-ethyl adjacent to an activating group) is 1. The van der Waals surface area contributed by atoms with Gasteiger partial charge in [0.2, 0.25) is 0 Å². The standard InChI is InChI=1S/C18H20F4N4O.HI/c1-26(2)16(12-4-3-5-13(19)10-12)11-24-17(23)25-14-6-8-15(9-7-14)27-18(20,21)22;/h3-10,16H,11H2,1-2H3,(H3,23,24,25);1H. The van der Waals surface area contributed by atoms with E-state index in [-0.39, 0.29) is 54.1 Å². The molecular formula is C18H21F4IN4O. The second-order valence-electron chi connectivity index (χ2n) is 5.96. The van der Waals surface area contributed by atoms with Crippen LogP contribution in [0.2, 0.25) is 0 Å². The van der Waals surface area contributed by atoms with Crippen molar-refractivity contribution in [1.29, 1.82) is 0 Å². The van der Waals surface area contributed by atoms with E-state index in [4.69, 9.17) is 5.73 Å². The van der Waals surface area contributed by atoms with Gasteiger partial charge in [-0.2, -0.15) is 0 Å². The molecule has 1 unspecified atom stereocenters. The van der Waals surface area contributed by atoms with Gasteiger partial charge in [-0.15, -0.1) is 37.1 Å². The Kier molecular flexibility index (Phi) is 8.95. The number of nitrogens with two attached hydrogens (primary N) is 1. The molecule has 0 aliphatic rings. The Morgan fingerprint density at radius 3 is 2.36 bits per heavy atom. The predicted octanol–water partition coefficient (Wildman–Crippen LogP) is 4.37. The van der Waals surface area contributed by atoms with Crippen LogP contribution in [0.5, 0.6) is 5.75 Å². The number of rotatable bonds is 6. The van der Waals surface area contributed by atoms with Gasteiger partial charge in [-0.3, -0.25) is 4.99 Å². The highest BCUT2D eigenvalue weighted by Crippen LogP contribution is 2.24. The summed E-state index contributed by atoms with van der Waals surface area (Å²) in [5.41, 5.74) is 7.05. The third-order valence-electron chi connectivity index (χ3n) is 3.65. The van der Waals surface area contributed by atoms with Crippen molar-refractivity contribution in [3.8, 4) is 5.75 Å². The van der Waals surface area contributed by atoms with Crippen molar-refractivity contribution in [2.24, 2.45) is 10.7 Å². The third kappa shape index (κ3) is 7.89. The number of guanidine groups is 1. The molecule has 10 heteroatoms. The number of benzene rings is 2. The minimum Gasteiger partial charge on any atom is -0.406 e. The van der Waals surface area contributed by atoms with Crippen molar-refractivity contribution < 1.29 is 22.3 Å². The summed E-state index contributed by atoms with van der Waals surface area (Å²) in [7, 11) is 3.68. The number of anilines is 1. The average molecular weight is 512 g/mol. The molecule has 0 aliphatic carbocycles. The molecule has 0 radical (unpaired) electrons. The lowest BCUT2D eigenvalue weighted by molar-refractivity contribution is -0.274. The van der Waals surface area contributed by atoms with E-state index in [2.05, 4.69) is 15.0 Å². The molecule has 0 amide bonds. The second kappa shape index (κ2) is 10.5. The fourth-order valence-electron chi connectivity index (χ4n) is 2.39. The number of ether oxygens (including phenoxy) is 1. The molecule has 0 heterocycles. The summed E-state index contributed by atoms with van der Waals surface area (Å²) in [5.74, 6) is -0.583. The van der Waals surface area contributed by atoms with Crippen LogP contribution in [-0.2, 0) is 0 Å². The molecule has 3 N–H and O–H groups in total. The molecule has 0 aromatic heterocycles. The molecule has 0 saturated heterocycles. The lowest BCUT2D eigenvalue weighted by Crippen LogP contribution is -2.27. The summed E-state index contributed by atoms with van der Waals surface area (Å²) in [6.07, 6.45) is -4.74. The molecule has 2 aromatic carbocycles. The zero-order valence-electron chi connectivity index (χ0n) is 15.2. The largest absolute Gasteiger partial charge is 0.573 e. The highest BCUT2D eigenvalue weighted by Gasteiger charge is 2.30. The van der Waals surface area contributed by atoms with Crippen LogP contribution in [0.25, 0.3) is 0 Å². The van der Waals surface area contributed by atoms with Crippen LogP contribution in [0.3, 0.4) is 0 Å². The SMILES string of the molecule is CN(C)C(CN=C(N)Nc1ccc(OC(F)(F)F)cc1)c1cccc(F)c1.I. The predicted molar refractivity (Wildman–Crippen MR) is 111 cm³/mol. The number of hydrogen-bond donors (Lipinski definition) is 2. The number of alkyl halides is 3. The zero-order valence-corrected chi connectivity index (χ0v) is 17.5. The quantitative estimate of drug-likeness (QED) is 0.261. The van der Waals surface area contributed by atoms with Gasteiger partial charge in [0, 0.05) is 5.69 Å². The van der Waals surface area contributed by atoms with Crippen molar-refractivity contribution in [2.45, 2.75) is 12.4 Å². The monoisotopic (exact) mass is 512 g/mol. The van der Waals surface area contributed by atoms with E-state index < -0.39 is 6.36 Å². The molecule has 2 rings (SSSR count). The van der Waals surface area contributed by atoms with E-state index in [0.29, 0.717) is 5.69 Å². The Balaban J connectivity index is 0.00000392. The Morgan fingerprint density at radius 1 is 1.18 bits per heavy atom. The highest BCUT2D eigenvalue weighted by atomic mass is 127. The molecule has 154 valence electrons. The second-order valence-corrected chi connectivity index (χ2v) is 5.96. The first kappa shape index (κ1) is 24.0. The highest BCUT2D eigenvalue weighted by molar-refractivity contribution is 14.0. The van der Waals surface area contributed by atoms with E-state index in [1.54, 1.807) is 12.1 Å². The van der Waals surface area contributed by atoms with Crippen LogP contribution in [-0.4, -0.2) is 37.9 Å². The third-order valence-corrected chi connectivity index (χ3v) is 3.65. The van der Waals surface area contributed by atoms with Crippen LogP contribution in [0.1, 0.15) is 11.6 Å². The molecule has 1 atom stereocenters. The van der Waals surface area contributed by atoms with Crippen molar-refractivity contribution in [2.75, 3.05) is 26.0 Å². The summed E-state index contributed by atoms with van der Waals surface area (Å²) in [6.45, 7) is 0.268. The molecule has 0 spiro atoms. The molecular weight excluding hydrogens is 491 g/mol. The molecule has 0 bridgehead atoms. The van der Waals surface area contributed by atoms with Crippen molar-refractivity contribution in [1.82, 2.24) is 4.90 Å². The first-order valence-corrected chi connectivity index (χ1v) is 7.98. The lowest BCUT2D eigenvalue weighted by Gasteiger charge is -2.23. The minimum atomic E-state index is -4.74. The van der Waals surface area contributed by atoms with Gasteiger partial charge in [0.25, 0.3) is 0 Å². The zero-order chi connectivity index (χ0) is 20.0. The first-order chi connectivity index (χ1) is 12.6. The van der Waals surface area contributed by atoms with Gasteiger partial charge in [0.05, 0.1) is 12.6 Å². The van der Waals surface area contributed by atoms with Gasteiger partial charge in [-0.25, -0.2) is 4.39 Å². The molecule has 2 aromatic rings. The van der Waals surface area contributed by atoms with Crippen LogP contribution in [0.4, 0.5) is 23.2 Å². The number of hydrogen-bond acceptors (Lipinski definition) is 3. The van der Waals surface area contributed by atoms with Crippen LogP contribution >= 0.6 is 24.0 Å². The number of halogens is 5. The summed E-state index contributed by atoms with van der Waals surface area (Å²) < 4.78 is 53.7. The summed E-state index contributed by atoms with van der Waals surface area (Å²) in [6, 6.07) is 11.1. The van der Waals surface area contributed by atoms with E-state index in [0.717, 1.165) is 5.56 Å². The van der Waals surface area contributed by atoms with Crippen LogP contribution in [0.15, 0.2) is 53.5 Å². The van der Waals surface area contributed by atoms with E-state index in [1.807, 2.05) is 19.0 Å². The average Bonchev–Trinajstić information content (AvgIpc) is 2.55. The van der Waals surface area contributed by atoms with Crippen molar-refractivity contribution in [3.05, 3.63) is 59.9 Å². The Morgan fingerprint density at radius 2 is 1.82 bits per heavy atom. The molecule has 5 nitrogen and oxygen atoms in total. The van der Waals surface area contributed by atoms with Crippen LogP contribution in [0, 0.1) is 5.82 Å². The lowest BCUT2D eigenvalue weighted by atomic mass is 10.1. The Labute approximate surface area is 177 Å². The smallest absolute Gasteiger partial charge is 0.406 e. The number of aliphatic imine (C=N–C) groups is 1. The topological polar surface area (TPSA) is 62.9 Å². The molecule has 0 fully saturated rings. The van der Waals surface area contributed by atoms with E-state index in [9.17, 15) is 17.6 Å². The Bertz CT molecular complexity index is 782. The van der Waals surface area contributed by atoms with Crippen molar-refractivity contribution in [3.63, 3.8) is 0 Å². The number of nitrogens with one attached hydrogen (secondary N) is 1. The molecule has 28 heavy (non-hydrogen) atoms. The molecule has 0 aliphatic heterocycles. The number of nitrogens with zero attached hydrogens (tertiary/aromatic N) is 2. The van der Waals surface area contributed by atoms with Gasteiger partial charge in [0.15, 0.2) is 5.96 Å². The van der Waals surface area contributed by atoms with Gasteiger partial charge in [-0.05, 0) is 56.1 Å². The maximum absolute atomic E-state index is 13.4. The van der Waals surface area contributed by atoms with Gasteiger partial charge in [-0.1, -0.05) is 12.1 Å². The van der Waals surface area contributed by atoms with E-state index >= 15 is 0 Å². The van der Waals surface area contributed by atoms with Gasteiger partial charge in [0.1, 0.15) is 11.6 Å². The minimum absolute atomic E-state index is 0. The summed E-state index contributed by atoms with van der Waals surface area (Å²) in [4.78, 5) is 6.12. The Hall–Kier alpha value is -2.08. The first-order valence-electron chi connectivity index (χ1n) is 7.98. The fraction of sp³-hybridized carbons (Fsp3) is 0.278. The maximum atomic E-state index is 13.4. The van der Waals surface area contributed by atoms with E-state index in [1.165, 1.54) is 36.4 Å². The molecule has 0 saturated carbocycles. The van der Waals surface area contributed by atoms with Crippen molar-refractivity contribution >= 4 is 35.6 Å². The summed E-state index contributed by atoms with van der Waals surface area (Å²) >= 11 is 0.